The van der Waals surface area contributed by atoms with E-state index in [0.29, 0.717) is 11.4 Å². The molecule has 1 aromatic carbocycles. The first kappa shape index (κ1) is 13.7. The third-order valence-electron chi connectivity index (χ3n) is 2.88. The number of nitrogens with two attached hydrogens (primary N) is 1. The van der Waals surface area contributed by atoms with Gasteiger partial charge in [-0.2, -0.15) is 0 Å². The lowest BCUT2D eigenvalue weighted by Crippen LogP contribution is -2.18. The SMILES string of the molecule is CC(C)(C)c1cc(C(C)(C)C)c(N=O)cc1N. The van der Waals surface area contributed by atoms with Crippen molar-refractivity contribution in [2.45, 2.75) is 52.4 Å². The van der Waals surface area contributed by atoms with Crippen molar-refractivity contribution in [3.63, 3.8) is 0 Å². The lowest BCUT2D eigenvalue weighted by Gasteiger charge is -2.27. The van der Waals surface area contributed by atoms with Gasteiger partial charge >= 0.3 is 0 Å². The zero-order valence-corrected chi connectivity index (χ0v) is 11.6. The summed E-state index contributed by atoms with van der Waals surface area (Å²) in [6, 6.07) is 3.71. The summed E-state index contributed by atoms with van der Waals surface area (Å²) in [7, 11) is 0. The van der Waals surface area contributed by atoms with Crippen molar-refractivity contribution >= 4 is 11.4 Å². The molecule has 1 aromatic rings. The fourth-order valence-corrected chi connectivity index (χ4v) is 1.93. The minimum atomic E-state index is -0.114. The van der Waals surface area contributed by atoms with E-state index in [0.717, 1.165) is 11.1 Å². The summed E-state index contributed by atoms with van der Waals surface area (Å²) in [5, 5.41) is 3.09. The summed E-state index contributed by atoms with van der Waals surface area (Å²) in [6.45, 7) is 12.5. The standard InChI is InChI=1S/C14H22N2O/c1-13(2,3)9-7-10(14(4,5)6)12(16-17)8-11(9)15/h7-8H,15H2,1-6H3. The van der Waals surface area contributed by atoms with E-state index in [1.165, 1.54) is 0 Å². The third-order valence-corrected chi connectivity index (χ3v) is 2.88. The van der Waals surface area contributed by atoms with Crippen molar-refractivity contribution in [2.75, 3.05) is 5.73 Å². The summed E-state index contributed by atoms with van der Waals surface area (Å²) in [5.41, 5.74) is 8.95. The molecule has 94 valence electrons. The predicted molar refractivity (Wildman–Crippen MR) is 73.7 cm³/mol. The second-order valence-corrected chi connectivity index (χ2v) is 6.55. The van der Waals surface area contributed by atoms with Crippen LogP contribution >= 0.6 is 0 Å². The van der Waals surface area contributed by atoms with Crippen LogP contribution in [0, 0.1) is 4.91 Å². The minimum Gasteiger partial charge on any atom is -0.398 e. The molecule has 17 heavy (non-hydrogen) atoms. The molecule has 0 unspecified atom stereocenters. The Morgan fingerprint density at radius 3 is 1.76 bits per heavy atom. The highest BCUT2D eigenvalue weighted by Crippen LogP contribution is 2.38. The molecule has 0 spiro atoms. The van der Waals surface area contributed by atoms with Gasteiger partial charge in [-0.1, -0.05) is 47.6 Å². The Morgan fingerprint density at radius 1 is 0.941 bits per heavy atom. The Labute approximate surface area is 103 Å². The molecule has 0 aliphatic rings. The molecule has 0 aliphatic carbocycles. The lowest BCUT2D eigenvalue weighted by atomic mass is 9.79. The van der Waals surface area contributed by atoms with Gasteiger partial charge in [-0.15, -0.1) is 4.91 Å². The molecular formula is C14H22N2O. The van der Waals surface area contributed by atoms with Gasteiger partial charge in [0, 0.05) is 5.69 Å². The monoisotopic (exact) mass is 234 g/mol. The molecule has 0 atom stereocenters. The Hall–Kier alpha value is -1.38. The van der Waals surface area contributed by atoms with Gasteiger partial charge in [-0.3, -0.25) is 0 Å². The van der Waals surface area contributed by atoms with Gasteiger partial charge in [0.25, 0.3) is 0 Å². The fourth-order valence-electron chi connectivity index (χ4n) is 1.93. The molecule has 0 radical (unpaired) electrons. The van der Waals surface area contributed by atoms with E-state index in [1.807, 2.05) is 6.07 Å². The number of hydrogen-bond acceptors (Lipinski definition) is 3. The number of anilines is 1. The number of nitroso groups, excluding NO2 is 1. The number of rotatable bonds is 1. The van der Waals surface area contributed by atoms with Crippen LogP contribution in [0.15, 0.2) is 17.3 Å². The second-order valence-electron chi connectivity index (χ2n) is 6.55. The van der Waals surface area contributed by atoms with E-state index in [2.05, 4.69) is 46.7 Å². The molecule has 0 saturated heterocycles. The van der Waals surface area contributed by atoms with Gasteiger partial charge in [0.05, 0.1) is 0 Å². The van der Waals surface area contributed by atoms with Gasteiger partial charge in [-0.05, 0) is 33.2 Å². The summed E-state index contributed by atoms with van der Waals surface area (Å²) < 4.78 is 0. The quantitative estimate of drug-likeness (QED) is 0.583. The zero-order valence-electron chi connectivity index (χ0n) is 11.6. The van der Waals surface area contributed by atoms with E-state index >= 15 is 0 Å². The molecular weight excluding hydrogens is 212 g/mol. The first-order chi connectivity index (χ1) is 7.57. The molecule has 3 nitrogen and oxygen atoms in total. The molecule has 0 fully saturated rings. The molecule has 0 aliphatic heterocycles. The molecule has 1 rings (SSSR count). The maximum absolute atomic E-state index is 10.9. The Balaban J connectivity index is 3.55. The van der Waals surface area contributed by atoms with E-state index in [9.17, 15) is 4.91 Å². The van der Waals surface area contributed by atoms with Crippen LogP contribution in [-0.2, 0) is 10.8 Å². The van der Waals surface area contributed by atoms with Crippen LogP contribution in [0.1, 0.15) is 52.7 Å². The van der Waals surface area contributed by atoms with Crippen molar-refractivity contribution in [3.8, 4) is 0 Å². The highest BCUT2D eigenvalue weighted by molar-refractivity contribution is 5.64. The van der Waals surface area contributed by atoms with Crippen LogP contribution in [0.25, 0.3) is 0 Å². The van der Waals surface area contributed by atoms with Crippen molar-refractivity contribution in [2.24, 2.45) is 5.18 Å². The normalized spacial score (nSPS) is 12.6. The third kappa shape index (κ3) is 2.84. The number of benzene rings is 1. The molecule has 0 bridgehead atoms. The maximum atomic E-state index is 10.9. The Morgan fingerprint density at radius 2 is 1.41 bits per heavy atom. The van der Waals surface area contributed by atoms with Gasteiger partial charge in [0.1, 0.15) is 5.69 Å². The van der Waals surface area contributed by atoms with E-state index < -0.39 is 0 Å². The van der Waals surface area contributed by atoms with Crippen LogP contribution in [0.3, 0.4) is 0 Å². The largest absolute Gasteiger partial charge is 0.398 e. The Bertz CT molecular complexity index is 437. The van der Waals surface area contributed by atoms with Crippen LogP contribution in [0.2, 0.25) is 0 Å². The molecule has 3 heteroatoms. The summed E-state index contributed by atoms with van der Waals surface area (Å²) >= 11 is 0. The summed E-state index contributed by atoms with van der Waals surface area (Å²) in [4.78, 5) is 10.9. The number of nitrogens with zero attached hydrogens (tertiary/aromatic N) is 1. The highest BCUT2D eigenvalue weighted by Gasteiger charge is 2.24. The first-order valence-electron chi connectivity index (χ1n) is 5.85. The Kier molecular flexibility index (Phi) is 3.33. The molecule has 2 N–H and O–H groups in total. The van der Waals surface area contributed by atoms with E-state index in [4.69, 9.17) is 5.73 Å². The van der Waals surface area contributed by atoms with Crippen molar-refractivity contribution in [3.05, 3.63) is 28.2 Å². The summed E-state index contributed by atoms with van der Waals surface area (Å²) in [6.07, 6.45) is 0. The first-order valence-corrected chi connectivity index (χ1v) is 5.85. The van der Waals surface area contributed by atoms with Crippen LogP contribution in [0.5, 0.6) is 0 Å². The predicted octanol–water partition coefficient (Wildman–Crippen LogP) is 4.26. The van der Waals surface area contributed by atoms with Crippen molar-refractivity contribution in [1.82, 2.24) is 0 Å². The number of nitrogen functional groups attached to an aromatic ring is 1. The number of hydrogen-bond donors (Lipinski definition) is 1. The van der Waals surface area contributed by atoms with E-state index in [-0.39, 0.29) is 10.8 Å². The van der Waals surface area contributed by atoms with Crippen LogP contribution in [0.4, 0.5) is 11.4 Å². The summed E-state index contributed by atoms with van der Waals surface area (Å²) in [5.74, 6) is 0. The van der Waals surface area contributed by atoms with Gasteiger partial charge in [0.2, 0.25) is 0 Å². The molecule has 0 aromatic heterocycles. The van der Waals surface area contributed by atoms with Crippen LogP contribution in [-0.4, -0.2) is 0 Å². The molecule has 0 saturated carbocycles. The smallest absolute Gasteiger partial charge is 0.113 e. The van der Waals surface area contributed by atoms with Crippen LogP contribution < -0.4 is 5.73 Å². The van der Waals surface area contributed by atoms with Gasteiger partial charge in [0.15, 0.2) is 0 Å². The molecule has 0 heterocycles. The minimum absolute atomic E-state index is 0.0362. The van der Waals surface area contributed by atoms with Crippen molar-refractivity contribution < 1.29 is 0 Å². The van der Waals surface area contributed by atoms with E-state index in [1.54, 1.807) is 6.07 Å². The highest BCUT2D eigenvalue weighted by atomic mass is 16.3. The van der Waals surface area contributed by atoms with Gasteiger partial charge in [-0.25, -0.2) is 0 Å². The second kappa shape index (κ2) is 4.13. The zero-order chi connectivity index (χ0) is 13.4. The molecule has 0 amide bonds. The van der Waals surface area contributed by atoms with Crippen molar-refractivity contribution in [1.29, 1.82) is 0 Å². The lowest BCUT2D eigenvalue weighted by molar-refractivity contribution is 0.571. The average Bonchev–Trinajstić information content (AvgIpc) is 2.13. The maximum Gasteiger partial charge on any atom is 0.113 e. The average molecular weight is 234 g/mol. The fraction of sp³-hybridized carbons (Fsp3) is 0.571. The van der Waals surface area contributed by atoms with Gasteiger partial charge < -0.3 is 5.73 Å². The topological polar surface area (TPSA) is 55.5 Å².